The molecule has 3 rings (SSSR count). The molecule has 36 heavy (non-hydrogen) atoms. The molecule has 0 saturated heterocycles. The molecule has 0 saturated carbocycles. The van der Waals surface area contributed by atoms with Gasteiger partial charge in [-0.15, -0.1) is 0 Å². The maximum Gasteiger partial charge on any atom is 0.204 e. The Morgan fingerprint density at radius 1 is 1.00 bits per heavy atom. The molecule has 0 radical (unpaired) electrons. The minimum absolute atomic E-state index is 0.0384. The van der Waals surface area contributed by atoms with E-state index in [4.69, 9.17) is 21.1 Å². The van der Waals surface area contributed by atoms with Gasteiger partial charge in [0.15, 0.2) is 0 Å². The summed E-state index contributed by atoms with van der Waals surface area (Å²) in [5, 5.41) is 5.17. The molecule has 0 bridgehead atoms. The van der Waals surface area contributed by atoms with Gasteiger partial charge in [-0.25, -0.2) is 0 Å². The molecule has 0 aliphatic rings. The van der Waals surface area contributed by atoms with Crippen molar-refractivity contribution in [2.45, 2.75) is 39.8 Å². The highest BCUT2D eigenvalue weighted by Crippen LogP contribution is 2.27. The fourth-order valence-electron chi connectivity index (χ4n) is 3.18. The van der Waals surface area contributed by atoms with Gasteiger partial charge in [0.2, 0.25) is 6.41 Å². The van der Waals surface area contributed by atoms with E-state index in [1.807, 2.05) is 56.3 Å². The largest absolute Gasteiger partial charge is 0.489 e. The lowest BCUT2D eigenvalue weighted by Gasteiger charge is -2.12. The first kappa shape index (κ1) is 28.3. The SMILES string of the molecule is CCc1ccc(CN/N=C(\C=C\c2ccc(C=O)cc2)c2ccc(OC(C)C)c(Cl)c2)cc1.NC=O. The molecule has 188 valence electrons. The van der Waals surface area contributed by atoms with Gasteiger partial charge in [-0.2, -0.15) is 5.10 Å². The van der Waals surface area contributed by atoms with Crippen molar-refractivity contribution in [2.24, 2.45) is 10.8 Å². The zero-order valence-electron chi connectivity index (χ0n) is 20.8. The van der Waals surface area contributed by atoms with Crippen molar-refractivity contribution in [2.75, 3.05) is 0 Å². The van der Waals surface area contributed by atoms with Crippen molar-refractivity contribution in [3.05, 3.63) is 106 Å². The Hall–Kier alpha value is -3.90. The third-order valence-electron chi connectivity index (χ3n) is 5.01. The highest BCUT2D eigenvalue weighted by molar-refractivity contribution is 6.32. The standard InChI is InChI=1S/C28H29ClN2O2.CH3NO/c1-4-21-5-9-23(10-6-21)18-30-31-27(15-13-22-7-11-24(19-32)12-8-22)25-14-16-28(26(29)17-25)33-20(2)3;2-1-3/h5-17,19-20,30H,4,18H2,1-3H3;1H,(H2,2,3)/b15-13+,31-27+;. The Bertz CT molecular complexity index is 1170. The average Bonchev–Trinajstić information content (AvgIpc) is 2.88. The Balaban J connectivity index is 0.00000145. The number of nitrogens with two attached hydrogens (primary N) is 1. The van der Waals surface area contributed by atoms with Crippen molar-refractivity contribution in [1.29, 1.82) is 0 Å². The molecule has 0 unspecified atom stereocenters. The number of hydrogen-bond donors (Lipinski definition) is 2. The highest BCUT2D eigenvalue weighted by Gasteiger charge is 2.08. The number of nitrogens with zero attached hydrogens (tertiary/aromatic N) is 1. The number of aryl methyl sites for hydroxylation is 1. The number of hydrogen-bond acceptors (Lipinski definition) is 5. The number of allylic oxidation sites excluding steroid dienone is 1. The van der Waals surface area contributed by atoms with Gasteiger partial charge in [0.05, 0.1) is 23.4 Å². The number of halogens is 1. The van der Waals surface area contributed by atoms with Gasteiger partial charge in [0.25, 0.3) is 0 Å². The molecule has 0 heterocycles. The average molecular weight is 506 g/mol. The number of amides is 1. The van der Waals surface area contributed by atoms with Gasteiger partial charge in [-0.3, -0.25) is 9.59 Å². The van der Waals surface area contributed by atoms with Crippen LogP contribution in [0.15, 0.2) is 77.9 Å². The lowest BCUT2D eigenvalue weighted by molar-refractivity contribution is -0.106. The van der Waals surface area contributed by atoms with Crippen LogP contribution in [0.25, 0.3) is 6.08 Å². The minimum Gasteiger partial charge on any atom is -0.489 e. The van der Waals surface area contributed by atoms with Crippen molar-refractivity contribution in [1.82, 2.24) is 5.43 Å². The Morgan fingerprint density at radius 3 is 2.17 bits per heavy atom. The summed E-state index contributed by atoms with van der Waals surface area (Å²) in [6.07, 6.45) is 6.03. The fourth-order valence-corrected chi connectivity index (χ4v) is 3.40. The van der Waals surface area contributed by atoms with E-state index in [1.54, 1.807) is 12.1 Å². The van der Waals surface area contributed by atoms with E-state index in [2.05, 4.69) is 47.5 Å². The summed E-state index contributed by atoms with van der Waals surface area (Å²) in [7, 11) is 0. The van der Waals surface area contributed by atoms with Gasteiger partial charge in [-0.05, 0) is 61.2 Å². The van der Waals surface area contributed by atoms with Crippen LogP contribution in [0.5, 0.6) is 5.75 Å². The number of carbonyl (C=O) groups excluding carboxylic acids is 2. The summed E-state index contributed by atoms with van der Waals surface area (Å²) in [4.78, 5) is 19.5. The second-order valence-electron chi connectivity index (χ2n) is 8.07. The Morgan fingerprint density at radius 2 is 1.61 bits per heavy atom. The Labute approximate surface area is 217 Å². The van der Waals surface area contributed by atoms with Crippen LogP contribution in [0, 0.1) is 0 Å². The van der Waals surface area contributed by atoms with E-state index < -0.39 is 0 Å². The molecule has 0 spiro atoms. The van der Waals surface area contributed by atoms with Gasteiger partial charge in [0.1, 0.15) is 12.0 Å². The molecule has 1 amide bonds. The van der Waals surface area contributed by atoms with Gasteiger partial charge in [0, 0.05) is 11.1 Å². The number of carbonyl (C=O) groups is 2. The molecular weight excluding hydrogens is 474 g/mol. The van der Waals surface area contributed by atoms with E-state index >= 15 is 0 Å². The summed E-state index contributed by atoms with van der Waals surface area (Å²) < 4.78 is 5.75. The van der Waals surface area contributed by atoms with Crippen LogP contribution in [-0.2, 0) is 17.8 Å². The summed E-state index contributed by atoms with van der Waals surface area (Å²) >= 11 is 6.47. The predicted octanol–water partition coefficient (Wildman–Crippen LogP) is 5.81. The van der Waals surface area contributed by atoms with E-state index in [1.165, 1.54) is 5.56 Å². The molecule has 0 atom stereocenters. The molecule has 0 aliphatic heterocycles. The molecule has 3 aromatic carbocycles. The quantitative estimate of drug-likeness (QED) is 0.206. The molecule has 6 nitrogen and oxygen atoms in total. The number of benzene rings is 3. The number of aldehydes is 1. The first-order valence-electron chi connectivity index (χ1n) is 11.6. The first-order valence-corrected chi connectivity index (χ1v) is 12.0. The molecule has 0 aliphatic carbocycles. The molecule has 7 heteroatoms. The molecule has 0 fully saturated rings. The van der Waals surface area contributed by atoms with E-state index in [0.717, 1.165) is 35.1 Å². The van der Waals surface area contributed by atoms with Crippen LogP contribution in [-0.4, -0.2) is 24.5 Å². The molecular formula is C29H32ClN3O3. The zero-order chi connectivity index (χ0) is 26.3. The maximum absolute atomic E-state index is 10.9. The zero-order valence-corrected chi connectivity index (χ0v) is 21.5. The number of primary amides is 1. The van der Waals surface area contributed by atoms with Crippen LogP contribution < -0.4 is 15.9 Å². The predicted molar refractivity (Wildman–Crippen MR) is 148 cm³/mol. The Kier molecular flexibility index (Phi) is 11.9. The van der Waals surface area contributed by atoms with Crippen molar-refractivity contribution in [3.63, 3.8) is 0 Å². The molecule has 3 aromatic rings. The highest BCUT2D eigenvalue weighted by atomic mass is 35.5. The lowest BCUT2D eigenvalue weighted by atomic mass is 10.1. The summed E-state index contributed by atoms with van der Waals surface area (Å²) in [6, 6.07) is 21.5. The molecule has 0 aromatic heterocycles. The van der Waals surface area contributed by atoms with Crippen molar-refractivity contribution in [3.8, 4) is 5.75 Å². The smallest absolute Gasteiger partial charge is 0.204 e. The lowest BCUT2D eigenvalue weighted by Crippen LogP contribution is -2.11. The van der Waals surface area contributed by atoms with Crippen LogP contribution >= 0.6 is 11.6 Å². The number of ether oxygens (including phenoxy) is 1. The topological polar surface area (TPSA) is 93.8 Å². The number of hydrazone groups is 1. The summed E-state index contributed by atoms with van der Waals surface area (Å²) in [5.74, 6) is 0.646. The second kappa shape index (κ2) is 15.2. The summed E-state index contributed by atoms with van der Waals surface area (Å²) in [6.45, 7) is 6.68. The first-order chi connectivity index (χ1) is 17.4. The van der Waals surface area contributed by atoms with Crippen LogP contribution in [0.1, 0.15) is 53.4 Å². The maximum atomic E-state index is 10.9. The van der Waals surface area contributed by atoms with Crippen molar-refractivity contribution < 1.29 is 14.3 Å². The number of nitrogens with one attached hydrogen (secondary N) is 1. The van der Waals surface area contributed by atoms with Gasteiger partial charge >= 0.3 is 0 Å². The van der Waals surface area contributed by atoms with Gasteiger partial charge in [-0.1, -0.05) is 73.1 Å². The summed E-state index contributed by atoms with van der Waals surface area (Å²) in [5.41, 5.74) is 13.0. The van der Waals surface area contributed by atoms with Crippen LogP contribution in [0.4, 0.5) is 0 Å². The van der Waals surface area contributed by atoms with E-state index in [9.17, 15) is 4.79 Å². The monoisotopic (exact) mass is 505 g/mol. The van der Waals surface area contributed by atoms with Gasteiger partial charge < -0.3 is 15.9 Å². The number of rotatable bonds is 10. The third kappa shape index (κ3) is 9.39. The second-order valence-corrected chi connectivity index (χ2v) is 8.47. The van der Waals surface area contributed by atoms with E-state index in [0.29, 0.717) is 22.9 Å². The minimum atomic E-state index is 0.0384. The van der Waals surface area contributed by atoms with E-state index in [-0.39, 0.29) is 12.5 Å². The molecule has 3 N–H and O–H groups in total. The van der Waals surface area contributed by atoms with Crippen molar-refractivity contribution >= 4 is 36.1 Å². The fraction of sp³-hybridized carbons (Fsp3) is 0.207. The normalized spacial score (nSPS) is 11.1. The third-order valence-corrected chi connectivity index (χ3v) is 5.31. The van der Waals surface area contributed by atoms with Crippen LogP contribution in [0.2, 0.25) is 5.02 Å². The van der Waals surface area contributed by atoms with Crippen LogP contribution in [0.3, 0.4) is 0 Å².